The minimum Gasteiger partial charge on any atom is -0.349 e. The molecule has 0 bridgehead atoms. The highest BCUT2D eigenvalue weighted by atomic mass is 16.2. The van der Waals surface area contributed by atoms with Gasteiger partial charge in [0.1, 0.15) is 0 Å². The molecule has 1 aliphatic rings. The Bertz CT molecular complexity index is 906. The summed E-state index contributed by atoms with van der Waals surface area (Å²) in [4.78, 5) is 37.6. The summed E-state index contributed by atoms with van der Waals surface area (Å²) in [5.74, 6) is -0.340. The number of hydrogen-bond donors (Lipinski definition) is 2. The van der Waals surface area contributed by atoms with Crippen molar-refractivity contribution in [1.29, 1.82) is 0 Å². The molecular formula is C22H25N3O3. The van der Waals surface area contributed by atoms with Crippen LogP contribution in [0.25, 0.3) is 0 Å². The molecule has 0 fully saturated rings. The van der Waals surface area contributed by atoms with Gasteiger partial charge in [-0.2, -0.15) is 0 Å². The molecule has 146 valence electrons. The Labute approximate surface area is 164 Å². The van der Waals surface area contributed by atoms with E-state index >= 15 is 0 Å². The average Bonchev–Trinajstić information content (AvgIpc) is 3.05. The molecule has 0 aliphatic carbocycles. The minimum absolute atomic E-state index is 0.0202. The summed E-state index contributed by atoms with van der Waals surface area (Å²) in [6.07, 6.45) is 0.913. The van der Waals surface area contributed by atoms with E-state index in [0.29, 0.717) is 12.2 Å². The van der Waals surface area contributed by atoms with Gasteiger partial charge in [0.25, 0.3) is 0 Å². The van der Waals surface area contributed by atoms with Crippen LogP contribution in [0.4, 0.5) is 11.4 Å². The molecule has 1 atom stereocenters. The normalized spacial score (nSPS) is 13.6. The zero-order chi connectivity index (χ0) is 20.3. The van der Waals surface area contributed by atoms with E-state index in [-0.39, 0.29) is 30.2 Å². The fraction of sp³-hybridized carbons (Fsp3) is 0.318. The Balaban J connectivity index is 1.70. The number of nitrogens with zero attached hydrogens (tertiary/aromatic N) is 1. The van der Waals surface area contributed by atoms with Gasteiger partial charge in [-0.15, -0.1) is 0 Å². The SMILES string of the molecule is CC(=O)NC(CC(=O)Nc1ccc2c(c1)CCN2C(C)=O)c1ccc(C)cc1. The Morgan fingerprint density at radius 3 is 2.43 bits per heavy atom. The number of nitrogens with one attached hydrogen (secondary N) is 2. The molecule has 2 aromatic rings. The standard InChI is InChI=1S/C22H25N3O3/c1-14-4-6-17(7-5-14)20(23-15(2)26)13-22(28)24-19-8-9-21-18(12-19)10-11-25(21)16(3)27/h4-9,12,20H,10-11,13H2,1-3H3,(H,23,26)(H,24,28). The molecule has 3 rings (SSSR count). The third-order valence-corrected chi connectivity index (χ3v) is 4.89. The lowest BCUT2D eigenvalue weighted by Crippen LogP contribution is -2.29. The van der Waals surface area contributed by atoms with Crippen LogP contribution in [-0.4, -0.2) is 24.3 Å². The Morgan fingerprint density at radius 2 is 1.79 bits per heavy atom. The van der Waals surface area contributed by atoms with E-state index in [1.807, 2.05) is 43.3 Å². The second-order valence-electron chi connectivity index (χ2n) is 7.18. The molecule has 0 saturated heterocycles. The van der Waals surface area contributed by atoms with Crippen molar-refractivity contribution in [2.75, 3.05) is 16.8 Å². The van der Waals surface area contributed by atoms with E-state index in [1.54, 1.807) is 17.9 Å². The van der Waals surface area contributed by atoms with Gasteiger partial charge in [0.15, 0.2) is 0 Å². The smallest absolute Gasteiger partial charge is 0.226 e. The summed E-state index contributed by atoms with van der Waals surface area (Å²) >= 11 is 0. The molecule has 0 saturated carbocycles. The second kappa shape index (κ2) is 8.25. The Hall–Kier alpha value is -3.15. The van der Waals surface area contributed by atoms with Gasteiger partial charge in [0.2, 0.25) is 17.7 Å². The third kappa shape index (κ3) is 4.57. The fourth-order valence-corrected chi connectivity index (χ4v) is 3.50. The van der Waals surface area contributed by atoms with Gasteiger partial charge in [0, 0.05) is 31.8 Å². The van der Waals surface area contributed by atoms with Crippen molar-refractivity contribution in [2.24, 2.45) is 0 Å². The summed E-state index contributed by atoms with van der Waals surface area (Å²) in [5, 5.41) is 5.76. The maximum Gasteiger partial charge on any atom is 0.226 e. The van der Waals surface area contributed by atoms with Crippen molar-refractivity contribution in [3.8, 4) is 0 Å². The summed E-state index contributed by atoms with van der Waals surface area (Å²) < 4.78 is 0. The number of hydrogen-bond acceptors (Lipinski definition) is 3. The van der Waals surface area contributed by atoms with E-state index in [0.717, 1.165) is 28.8 Å². The van der Waals surface area contributed by atoms with Crippen molar-refractivity contribution in [3.05, 3.63) is 59.2 Å². The monoisotopic (exact) mass is 379 g/mol. The summed E-state index contributed by atoms with van der Waals surface area (Å²) in [6, 6.07) is 13.0. The van der Waals surface area contributed by atoms with Gasteiger partial charge in [-0.3, -0.25) is 14.4 Å². The molecule has 1 heterocycles. The lowest BCUT2D eigenvalue weighted by molar-refractivity contribution is -0.120. The molecule has 3 amide bonds. The van der Waals surface area contributed by atoms with Crippen molar-refractivity contribution in [2.45, 2.75) is 39.7 Å². The maximum atomic E-state index is 12.6. The predicted octanol–water partition coefficient (Wildman–Crippen LogP) is 3.11. The minimum atomic E-state index is -0.388. The molecule has 28 heavy (non-hydrogen) atoms. The number of carbonyl (C=O) groups is 3. The first-order valence-electron chi connectivity index (χ1n) is 9.38. The number of carbonyl (C=O) groups excluding carboxylic acids is 3. The number of amides is 3. The highest BCUT2D eigenvalue weighted by molar-refractivity contribution is 5.95. The van der Waals surface area contributed by atoms with Crippen LogP contribution in [0.3, 0.4) is 0 Å². The molecule has 2 N–H and O–H groups in total. The van der Waals surface area contributed by atoms with E-state index in [2.05, 4.69) is 10.6 Å². The van der Waals surface area contributed by atoms with Crippen LogP contribution < -0.4 is 15.5 Å². The van der Waals surface area contributed by atoms with Gasteiger partial charge in [-0.25, -0.2) is 0 Å². The van der Waals surface area contributed by atoms with Gasteiger partial charge in [0.05, 0.1) is 12.5 Å². The number of benzene rings is 2. The molecular weight excluding hydrogens is 354 g/mol. The topological polar surface area (TPSA) is 78.5 Å². The maximum absolute atomic E-state index is 12.6. The molecule has 6 heteroatoms. The Morgan fingerprint density at radius 1 is 1.07 bits per heavy atom. The van der Waals surface area contributed by atoms with E-state index < -0.39 is 0 Å². The van der Waals surface area contributed by atoms with Crippen LogP contribution in [0.5, 0.6) is 0 Å². The van der Waals surface area contributed by atoms with Gasteiger partial charge in [-0.05, 0) is 42.7 Å². The van der Waals surface area contributed by atoms with Crippen LogP contribution in [-0.2, 0) is 20.8 Å². The van der Waals surface area contributed by atoms with Crippen molar-refractivity contribution in [1.82, 2.24) is 5.32 Å². The Kier molecular flexibility index (Phi) is 5.78. The quantitative estimate of drug-likeness (QED) is 0.838. The number of fused-ring (bicyclic) bond motifs is 1. The summed E-state index contributed by atoms with van der Waals surface area (Å²) in [5.41, 5.74) is 4.65. The van der Waals surface area contributed by atoms with Crippen LogP contribution in [0.1, 0.15) is 43.0 Å². The van der Waals surface area contributed by atoms with Crippen LogP contribution in [0, 0.1) is 6.92 Å². The highest BCUT2D eigenvalue weighted by Crippen LogP contribution is 2.30. The molecule has 6 nitrogen and oxygen atoms in total. The molecule has 2 aromatic carbocycles. The van der Waals surface area contributed by atoms with E-state index in [1.165, 1.54) is 6.92 Å². The second-order valence-corrected chi connectivity index (χ2v) is 7.18. The molecule has 0 spiro atoms. The van der Waals surface area contributed by atoms with Gasteiger partial charge in [-0.1, -0.05) is 29.8 Å². The van der Waals surface area contributed by atoms with Crippen LogP contribution in [0.15, 0.2) is 42.5 Å². The van der Waals surface area contributed by atoms with Crippen LogP contribution in [0.2, 0.25) is 0 Å². The van der Waals surface area contributed by atoms with Gasteiger partial charge < -0.3 is 15.5 Å². The van der Waals surface area contributed by atoms with Crippen molar-refractivity contribution < 1.29 is 14.4 Å². The van der Waals surface area contributed by atoms with E-state index in [4.69, 9.17) is 0 Å². The van der Waals surface area contributed by atoms with E-state index in [9.17, 15) is 14.4 Å². The number of anilines is 2. The van der Waals surface area contributed by atoms with Crippen LogP contribution >= 0.6 is 0 Å². The van der Waals surface area contributed by atoms with Crippen molar-refractivity contribution in [3.63, 3.8) is 0 Å². The number of aryl methyl sites for hydroxylation is 1. The fourth-order valence-electron chi connectivity index (χ4n) is 3.50. The zero-order valence-corrected chi connectivity index (χ0v) is 16.4. The first-order valence-corrected chi connectivity index (χ1v) is 9.38. The first kappa shape index (κ1) is 19.6. The first-order chi connectivity index (χ1) is 13.3. The molecule has 0 radical (unpaired) electrons. The lowest BCUT2D eigenvalue weighted by Gasteiger charge is -2.19. The average molecular weight is 379 g/mol. The largest absolute Gasteiger partial charge is 0.349 e. The molecule has 0 aromatic heterocycles. The van der Waals surface area contributed by atoms with Gasteiger partial charge >= 0.3 is 0 Å². The summed E-state index contributed by atoms with van der Waals surface area (Å²) in [6.45, 7) is 5.66. The summed E-state index contributed by atoms with van der Waals surface area (Å²) in [7, 11) is 0. The third-order valence-electron chi connectivity index (χ3n) is 4.89. The molecule has 1 unspecified atom stereocenters. The van der Waals surface area contributed by atoms with Crippen molar-refractivity contribution >= 4 is 29.1 Å². The highest BCUT2D eigenvalue weighted by Gasteiger charge is 2.23. The zero-order valence-electron chi connectivity index (χ0n) is 16.4. The predicted molar refractivity (Wildman–Crippen MR) is 109 cm³/mol. The molecule has 1 aliphatic heterocycles. The number of rotatable bonds is 5. The lowest BCUT2D eigenvalue weighted by atomic mass is 10.0.